The number of hydrogen-bond donors (Lipinski definition) is 2. The number of amides is 2. The topological polar surface area (TPSA) is 98.0 Å². The van der Waals surface area contributed by atoms with Crippen molar-refractivity contribution in [3.63, 3.8) is 0 Å². The molecule has 3 aromatic rings. The molecule has 0 aliphatic heterocycles. The van der Waals surface area contributed by atoms with Gasteiger partial charge in [-0.2, -0.15) is 0 Å². The molecule has 28 heavy (non-hydrogen) atoms. The Bertz CT molecular complexity index is 1000. The molecule has 6 nitrogen and oxygen atoms in total. The lowest BCUT2D eigenvalue weighted by atomic mass is 10.0. The van der Waals surface area contributed by atoms with Gasteiger partial charge in [0.05, 0.1) is 10.6 Å². The molecule has 3 N–H and O–H groups in total. The summed E-state index contributed by atoms with van der Waals surface area (Å²) >= 11 is 7.65. The average molecular weight is 415 g/mol. The first-order valence-electron chi connectivity index (χ1n) is 8.82. The molecule has 2 aromatic carbocycles. The SMILES string of the molecule is CCCCc1cccc(C(=O)Nc2nnc(-c3ccc(C(N)=O)cc3)s2)c1Cl. The minimum absolute atomic E-state index is 0.324. The smallest absolute Gasteiger partial charge is 0.259 e. The molecule has 144 valence electrons. The molecule has 1 aromatic heterocycles. The van der Waals surface area contributed by atoms with E-state index in [-0.39, 0.29) is 5.91 Å². The van der Waals surface area contributed by atoms with E-state index in [1.807, 2.05) is 12.1 Å². The first-order chi connectivity index (χ1) is 13.5. The summed E-state index contributed by atoms with van der Waals surface area (Å²) in [6.07, 6.45) is 2.90. The molecule has 8 heteroatoms. The van der Waals surface area contributed by atoms with Crippen molar-refractivity contribution in [3.8, 4) is 10.6 Å². The molecule has 0 fully saturated rings. The van der Waals surface area contributed by atoms with E-state index < -0.39 is 5.91 Å². The fourth-order valence-corrected chi connectivity index (χ4v) is 3.70. The molecule has 2 amide bonds. The van der Waals surface area contributed by atoms with Crippen LogP contribution in [0.5, 0.6) is 0 Å². The van der Waals surface area contributed by atoms with Crippen molar-refractivity contribution < 1.29 is 9.59 Å². The number of aromatic nitrogens is 2. The van der Waals surface area contributed by atoms with Crippen molar-refractivity contribution >= 4 is 39.9 Å². The third-order valence-electron chi connectivity index (χ3n) is 4.18. The lowest BCUT2D eigenvalue weighted by Gasteiger charge is -2.08. The molecule has 0 atom stereocenters. The number of benzene rings is 2. The van der Waals surface area contributed by atoms with E-state index in [2.05, 4.69) is 22.4 Å². The maximum atomic E-state index is 12.6. The van der Waals surface area contributed by atoms with Crippen LogP contribution in [-0.4, -0.2) is 22.0 Å². The van der Waals surface area contributed by atoms with Gasteiger partial charge >= 0.3 is 0 Å². The first-order valence-corrected chi connectivity index (χ1v) is 10.0. The van der Waals surface area contributed by atoms with E-state index in [0.717, 1.165) is 30.4 Å². The molecular formula is C20H19ClN4O2S. The number of unbranched alkanes of at least 4 members (excludes halogenated alkanes) is 1. The second-order valence-electron chi connectivity index (χ2n) is 6.19. The summed E-state index contributed by atoms with van der Waals surface area (Å²) < 4.78 is 0. The Balaban J connectivity index is 1.74. The number of primary amides is 1. The van der Waals surface area contributed by atoms with E-state index in [4.69, 9.17) is 17.3 Å². The fraction of sp³-hybridized carbons (Fsp3) is 0.200. The number of nitrogens with two attached hydrogens (primary N) is 1. The van der Waals surface area contributed by atoms with Crippen LogP contribution in [0.3, 0.4) is 0 Å². The van der Waals surface area contributed by atoms with E-state index in [0.29, 0.717) is 26.3 Å². The highest BCUT2D eigenvalue weighted by atomic mass is 35.5. The third kappa shape index (κ3) is 4.55. The molecule has 0 bridgehead atoms. The predicted molar refractivity (Wildman–Crippen MR) is 112 cm³/mol. The minimum atomic E-state index is -0.491. The van der Waals surface area contributed by atoms with Crippen molar-refractivity contribution in [2.24, 2.45) is 5.73 Å². The standard InChI is InChI=1S/C20H19ClN4O2S/c1-2-3-5-12-6-4-7-15(16(12)21)18(27)23-20-25-24-19(28-20)14-10-8-13(9-11-14)17(22)26/h4,6-11H,2-3,5H2,1H3,(H2,22,26)(H,23,25,27). The second kappa shape index (κ2) is 8.95. The summed E-state index contributed by atoms with van der Waals surface area (Å²) in [4.78, 5) is 23.8. The maximum absolute atomic E-state index is 12.6. The van der Waals surface area contributed by atoms with Gasteiger partial charge in [-0.25, -0.2) is 0 Å². The van der Waals surface area contributed by atoms with Crippen molar-refractivity contribution in [2.45, 2.75) is 26.2 Å². The van der Waals surface area contributed by atoms with Crippen molar-refractivity contribution in [1.82, 2.24) is 10.2 Å². The number of hydrogen-bond acceptors (Lipinski definition) is 5. The summed E-state index contributed by atoms with van der Waals surface area (Å²) in [7, 11) is 0. The van der Waals surface area contributed by atoms with E-state index in [1.54, 1.807) is 30.3 Å². The molecular weight excluding hydrogens is 396 g/mol. The largest absolute Gasteiger partial charge is 0.366 e. The molecule has 0 saturated heterocycles. The van der Waals surface area contributed by atoms with Crippen LogP contribution in [0.25, 0.3) is 10.6 Å². The lowest BCUT2D eigenvalue weighted by Crippen LogP contribution is -2.13. The summed E-state index contributed by atoms with van der Waals surface area (Å²) in [5, 5.41) is 12.3. The highest BCUT2D eigenvalue weighted by molar-refractivity contribution is 7.18. The monoisotopic (exact) mass is 414 g/mol. The van der Waals surface area contributed by atoms with Crippen molar-refractivity contribution in [1.29, 1.82) is 0 Å². The van der Waals surface area contributed by atoms with Gasteiger partial charge in [0.15, 0.2) is 0 Å². The Labute approximate surface area is 171 Å². The number of aryl methyl sites for hydroxylation is 1. The van der Waals surface area contributed by atoms with Gasteiger partial charge in [0.1, 0.15) is 5.01 Å². The van der Waals surface area contributed by atoms with Gasteiger partial charge in [-0.15, -0.1) is 10.2 Å². The lowest BCUT2D eigenvalue weighted by molar-refractivity contribution is 0.0997. The van der Waals surface area contributed by atoms with Gasteiger partial charge in [0, 0.05) is 11.1 Å². The van der Waals surface area contributed by atoms with Crippen LogP contribution in [0.2, 0.25) is 5.02 Å². The Morgan fingerprint density at radius 3 is 2.57 bits per heavy atom. The highest BCUT2D eigenvalue weighted by Gasteiger charge is 2.16. The predicted octanol–water partition coefficient (Wildman–Crippen LogP) is 4.55. The molecule has 3 rings (SSSR count). The summed E-state index contributed by atoms with van der Waals surface area (Å²) in [6, 6.07) is 12.2. The molecule has 0 spiro atoms. The first kappa shape index (κ1) is 20.0. The van der Waals surface area contributed by atoms with Crippen LogP contribution in [0.1, 0.15) is 46.0 Å². The van der Waals surface area contributed by atoms with Crippen LogP contribution in [-0.2, 0) is 6.42 Å². The zero-order valence-corrected chi connectivity index (χ0v) is 16.8. The Kier molecular flexibility index (Phi) is 6.38. The number of carbonyl (C=O) groups excluding carboxylic acids is 2. The summed E-state index contributed by atoms with van der Waals surface area (Å²) in [5.41, 5.74) is 7.82. The zero-order chi connectivity index (χ0) is 20.1. The number of nitrogens with one attached hydrogen (secondary N) is 1. The fourth-order valence-electron chi connectivity index (χ4n) is 2.65. The van der Waals surface area contributed by atoms with Crippen LogP contribution >= 0.6 is 22.9 Å². The number of halogens is 1. The van der Waals surface area contributed by atoms with E-state index in [9.17, 15) is 9.59 Å². The highest BCUT2D eigenvalue weighted by Crippen LogP contribution is 2.28. The number of rotatable bonds is 7. The minimum Gasteiger partial charge on any atom is -0.366 e. The third-order valence-corrected chi connectivity index (χ3v) is 5.52. The van der Waals surface area contributed by atoms with Gasteiger partial charge in [0.25, 0.3) is 5.91 Å². The van der Waals surface area contributed by atoms with E-state index >= 15 is 0 Å². The summed E-state index contributed by atoms with van der Waals surface area (Å²) in [6.45, 7) is 2.11. The quantitative estimate of drug-likeness (QED) is 0.592. The van der Waals surface area contributed by atoms with Crippen molar-refractivity contribution in [3.05, 3.63) is 64.2 Å². The zero-order valence-electron chi connectivity index (χ0n) is 15.2. The summed E-state index contributed by atoms with van der Waals surface area (Å²) in [5.74, 6) is -0.815. The second-order valence-corrected chi connectivity index (χ2v) is 7.55. The van der Waals surface area contributed by atoms with Crippen LogP contribution in [0.4, 0.5) is 5.13 Å². The number of nitrogens with zero attached hydrogens (tertiary/aromatic N) is 2. The van der Waals surface area contributed by atoms with Crippen LogP contribution in [0, 0.1) is 0 Å². The van der Waals surface area contributed by atoms with Crippen molar-refractivity contribution in [2.75, 3.05) is 5.32 Å². The molecule has 1 heterocycles. The molecule has 0 unspecified atom stereocenters. The Morgan fingerprint density at radius 2 is 1.89 bits per heavy atom. The molecule has 0 radical (unpaired) electrons. The Hall–Kier alpha value is -2.77. The number of anilines is 1. The van der Waals surface area contributed by atoms with Gasteiger partial charge in [-0.05, 0) is 36.6 Å². The molecule has 0 saturated carbocycles. The van der Waals surface area contributed by atoms with Gasteiger partial charge in [-0.1, -0.05) is 60.5 Å². The Morgan fingerprint density at radius 1 is 1.14 bits per heavy atom. The van der Waals surface area contributed by atoms with Gasteiger partial charge < -0.3 is 5.73 Å². The van der Waals surface area contributed by atoms with Crippen LogP contribution < -0.4 is 11.1 Å². The normalized spacial score (nSPS) is 10.6. The molecule has 0 aliphatic rings. The van der Waals surface area contributed by atoms with E-state index in [1.165, 1.54) is 11.3 Å². The average Bonchev–Trinajstić information content (AvgIpc) is 3.15. The van der Waals surface area contributed by atoms with Gasteiger partial charge in [-0.3, -0.25) is 14.9 Å². The maximum Gasteiger partial charge on any atom is 0.259 e. The molecule has 0 aliphatic carbocycles. The van der Waals surface area contributed by atoms with Crippen LogP contribution in [0.15, 0.2) is 42.5 Å². The van der Waals surface area contributed by atoms with Gasteiger partial charge in [0.2, 0.25) is 11.0 Å². The number of carbonyl (C=O) groups is 2.